The largest absolute Gasteiger partial charge is 0.508 e. The number of aromatic hydroxyl groups is 1. The van der Waals surface area contributed by atoms with Crippen molar-refractivity contribution in [2.24, 2.45) is 0 Å². The minimum absolute atomic E-state index is 0.113. The fourth-order valence-corrected chi connectivity index (χ4v) is 3.97. The lowest BCUT2D eigenvalue weighted by atomic mass is 10.1. The van der Waals surface area contributed by atoms with Crippen LogP contribution < -0.4 is 0 Å². The van der Waals surface area contributed by atoms with E-state index in [1.165, 1.54) is 0 Å². The number of thioether (sulfide) groups is 1. The summed E-state index contributed by atoms with van der Waals surface area (Å²) in [4.78, 5) is 28.7. The molecule has 1 fully saturated rings. The minimum atomic E-state index is -0.478. The predicted octanol–water partition coefficient (Wildman–Crippen LogP) is 2.57. The molecular weight excluding hydrogens is 336 g/mol. The van der Waals surface area contributed by atoms with Crippen molar-refractivity contribution in [2.45, 2.75) is 12.6 Å². The molecule has 1 N–H and O–H groups in total. The first kappa shape index (κ1) is 17.4. The van der Waals surface area contributed by atoms with Gasteiger partial charge in [-0.15, -0.1) is 11.8 Å². The molecule has 5 nitrogen and oxygen atoms in total. The van der Waals surface area contributed by atoms with Crippen LogP contribution in [0, 0.1) is 0 Å². The van der Waals surface area contributed by atoms with E-state index >= 15 is 0 Å². The van der Waals surface area contributed by atoms with Crippen LogP contribution in [0.2, 0.25) is 0 Å². The Hall–Kier alpha value is -2.47. The number of para-hydroxylation sites is 1. The quantitative estimate of drug-likeness (QED) is 0.915. The second-order valence-corrected chi connectivity index (χ2v) is 6.98. The number of carbonyl (C=O) groups excluding carboxylic acids is 2. The van der Waals surface area contributed by atoms with Gasteiger partial charge in [-0.25, -0.2) is 0 Å². The van der Waals surface area contributed by atoms with Crippen LogP contribution >= 0.6 is 11.8 Å². The molecule has 25 heavy (non-hydrogen) atoms. The number of hydrogen-bond donors (Lipinski definition) is 1. The van der Waals surface area contributed by atoms with E-state index < -0.39 is 6.04 Å². The number of hydrogen-bond acceptors (Lipinski definition) is 4. The number of amides is 2. The number of benzene rings is 2. The maximum atomic E-state index is 12.8. The Morgan fingerprint density at radius 1 is 1.16 bits per heavy atom. The molecule has 1 aliphatic rings. The van der Waals surface area contributed by atoms with Gasteiger partial charge in [-0.1, -0.05) is 36.4 Å². The molecule has 2 amide bonds. The summed E-state index contributed by atoms with van der Waals surface area (Å²) in [5.41, 5.74) is 1.27. The number of phenolic OH excluding ortho intramolecular Hbond substituents is 1. The van der Waals surface area contributed by atoms with Crippen molar-refractivity contribution in [2.75, 3.05) is 18.7 Å². The Morgan fingerprint density at radius 2 is 1.84 bits per heavy atom. The first-order valence-electron chi connectivity index (χ1n) is 8.03. The Labute approximate surface area is 151 Å². The van der Waals surface area contributed by atoms with Gasteiger partial charge in [0.1, 0.15) is 11.8 Å². The van der Waals surface area contributed by atoms with Crippen LogP contribution in [0.25, 0.3) is 0 Å². The summed E-state index contributed by atoms with van der Waals surface area (Å²) < 4.78 is 0. The summed E-state index contributed by atoms with van der Waals surface area (Å²) in [5, 5.41) is 9.89. The average Bonchev–Trinajstić information content (AvgIpc) is 3.12. The Bertz CT molecular complexity index is 766. The third-order valence-corrected chi connectivity index (χ3v) is 5.24. The molecule has 1 atom stereocenters. The van der Waals surface area contributed by atoms with Gasteiger partial charge >= 0.3 is 0 Å². The van der Waals surface area contributed by atoms with Crippen molar-refractivity contribution in [3.05, 3.63) is 65.7 Å². The van der Waals surface area contributed by atoms with Crippen LogP contribution in [-0.2, 0) is 11.3 Å². The summed E-state index contributed by atoms with van der Waals surface area (Å²) in [6.45, 7) is 0.306. The molecule has 0 saturated carbocycles. The molecule has 2 aromatic rings. The molecule has 130 valence electrons. The van der Waals surface area contributed by atoms with Crippen molar-refractivity contribution in [1.29, 1.82) is 0 Å². The summed E-state index contributed by atoms with van der Waals surface area (Å²) in [6, 6.07) is 15.5. The van der Waals surface area contributed by atoms with E-state index in [9.17, 15) is 14.7 Å². The van der Waals surface area contributed by atoms with Crippen molar-refractivity contribution in [3.8, 4) is 5.75 Å². The second-order valence-electron chi connectivity index (χ2n) is 5.98. The zero-order chi connectivity index (χ0) is 17.8. The third kappa shape index (κ3) is 3.79. The van der Waals surface area contributed by atoms with E-state index in [4.69, 9.17) is 0 Å². The van der Waals surface area contributed by atoms with Crippen LogP contribution in [0.15, 0.2) is 54.6 Å². The van der Waals surface area contributed by atoms with Crippen molar-refractivity contribution < 1.29 is 14.7 Å². The van der Waals surface area contributed by atoms with Gasteiger partial charge in [0, 0.05) is 30.5 Å². The lowest BCUT2D eigenvalue weighted by molar-refractivity contribution is -0.134. The highest BCUT2D eigenvalue weighted by atomic mass is 32.2. The third-order valence-electron chi connectivity index (χ3n) is 4.22. The van der Waals surface area contributed by atoms with Gasteiger partial charge in [-0.3, -0.25) is 9.59 Å². The predicted molar refractivity (Wildman–Crippen MR) is 98.3 cm³/mol. The summed E-state index contributed by atoms with van der Waals surface area (Å²) >= 11 is 1.58. The van der Waals surface area contributed by atoms with Crippen LogP contribution in [0.3, 0.4) is 0 Å². The normalized spacial score (nSPS) is 16.7. The summed E-state index contributed by atoms with van der Waals surface area (Å²) in [6.07, 6.45) is 0. The molecule has 1 saturated heterocycles. The van der Waals surface area contributed by atoms with E-state index in [1.54, 1.807) is 58.9 Å². The van der Waals surface area contributed by atoms with Gasteiger partial charge in [-0.05, 0) is 18.2 Å². The van der Waals surface area contributed by atoms with Crippen LogP contribution in [-0.4, -0.2) is 51.4 Å². The van der Waals surface area contributed by atoms with Gasteiger partial charge in [0.15, 0.2) is 0 Å². The van der Waals surface area contributed by atoms with E-state index in [0.717, 1.165) is 0 Å². The standard InChI is InChI=1S/C19H20N2O3S/c1-20(11-15-9-5-6-10-17(15)22)19(24)16-12-25-13-21(16)18(23)14-7-3-2-4-8-14/h2-10,16,22H,11-13H2,1H3/t16-/m0/s1. The molecule has 6 heteroatoms. The summed E-state index contributed by atoms with van der Waals surface area (Å²) in [7, 11) is 1.70. The summed E-state index contributed by atoms with van der Waals surface area (Å²) in [5.74, 6) is 1.02. The van der Waals surface area contributed by atoms with Crippen molar-refractivity contribution >= 4 is 23.6 Å². The van der Waals surface area contributed by atoms with E-state index in [1.807, 2.05) is 24.3 Å². The highest BCUT2D eigenvalue weighted by Crippen LogP contribution is 2.25. The van der Waals surface area contributed by atoms with Gasteiger partial charge in [0.25, 0.3) is 5.91 Å². The Morgan fingerprint density at radius 3 is 2.56 bits per heavy atom. The molecule has 0 unspecified atom stereocenters. The van der Waals surface area contributed by atoms with E-state index in [-0.39, 0.29) is 17.6 Å². The lowest BCUT2D eigenvalue weighted by Crippen LogP contribution is -2.47. The van der Waals surface area contributed by atoms with Crippen LogP contribution in [0.5, 0.6) is 5.75 Å². The fraction of sp³-hybridized carbons (Fsp3) is 0.263. The van der Waals surface area contributed by atoms with Crippen molar-refractivity contribution in [3.63, 3.8) is 0 Å². The molecular formula is C19H20N2O3S. The number of rotatable bonds is 4. The maximum Gasteiger partial charge on any atom is 0.255 e. The van der Waals surface area contributed by atoms with Crippen LogP contribution in [0.4, 0.5) is 0 Å². The highest BCUT2D eigenvalue weighted by molar-refractivity contribution is 7.99. The first-order valence-corrected chi connectivity index (χ1v) is 9.19. The number of carbonyl (C=O) groups is 2. The molecule has 2 aromatic carbocycles. The highest BCUT2D eigenvalue weighted by Gasteiger charge is 2.36. The first-order chi connectivity index (χ1) is 12.1. The molecule has 0 aliphatic carbocycles. The SMILES string of the molecule is CN(Cc1ccccc1O)C(=O)[C@@H]1CSCN1C(=O)c1ccccc1. The number of phenols is 1. The molecule has 0 radical (unpaired) electrons. The maximum absolute atomic E-state index is 12.8. The average molecular weight is 356 g/mol. The molecule has 1 heterocycles. The fourth-order valence-electron chi connectivity index (χ4n) is 2.83. The van der Waals surface area contributed by atoms with Crippen molar-refractivity contribution in [1.82, 2.24) is 9.80 Å². The topological polar surface area (TPSA) is 60.9 Å². The zero-order valence-corrected chi connectivity index (χ0v) is 14.8. The van der Waals surface area contributed by atoms with Gasteiger partial charge in [-0.2, -0.15) is 0 Å². The molecule has 0 bridgehead atoms. The number of likely N-dealkylation sites (N-methyl/N-ethyl adjacent to an activating group) is 1. The van der Waals surface area contributed by atoms with E-state index in [2.05, 4.69) is 0 Å². The Kier molecular flexibility index (Phi) is 5.28. The smallest absolute Gasteiger partial charge is 0.255 e. The number of nitrogens with zero attached hydrogens (tertiary/aromatic N) is 2. The molecule has 0 spiro atoms. The van der Waals surface area contributed by atoms with E-state index in [0.29, 0.717) is 29.3 Å². The molecule has 1 aliphatic heterocycles. The molecule has 3 rings (SSSR count). The van der Waals surface area contributed by atoms with Gasteiger partial charge < -0.3 is 14.9 Å². The zero-order valence-electron chi connectivity index (χ0n) is 14.0. The van der Waals surface area contributed by atoms with Gasteiger partial charge in [0.05, 0.1) is 5.88 Å². The Balaban J connectivity index is 1.72. The van der Waals surface area contributed by atoms with Gasteiger partial charge in [0.2, 0.25) is 5.91 Å². The minimum Gasteiger partial charge on any atom is -0.508 e. The lowest BCUT2D eigenvalue weighted by Gasteiger charge is -2.27. The van der Waals surface area contributed by atoms with Crippen LogP contribution in [0.1, 0.15) is 15.9 Å². The second kappa shape index (κ2) is 7.61. The monoisotopic (exact) mass is 356 g/mol. The molecule has 0 aromatic heterocycles.